The Bertz CT molecular complexity index is 327. The van der Waals surface area contributed by atoms with Gasteiger partial charge in [0.2, 0.25) is 0 Å². The van der Waals surface area contributed by atoms with Crippen molar-refractivity contribution in [2.24, 2.45) is 5.73 Å². The summed E-state index contributed by atoms with van der Waals surface area (Å²) in [7, 11) is 0. The van der Waals surface area contributed by atoms with E-state index in [9.17, 15) is 4.79 Å². The molecule has 4 heteroatoms. The molecule has 0 aliphatic heterocycles. The molecular weight excluding hydrogens is 222 g/mol. The van der Waals surface area contributed by atoms with Crippen molar-refractivity contribution in [3.8, 4) is 0 Å². The van der Waals surface area contributed by atoms with Crippen molar-refractivity contribution in [3.05, 3.63) is 22.4 Å². The molecule has 1 aromatic rings. The van der Waals surface area contributed by atoms with Gasteiger partial charge in [0.15, 0.2) is 0 Å². The van der Waals surface area contributed by atoms with E-state index in [2.05, 4.69) is 0 Å². The van der Waals surface area contributed by atoms with E-state index in [-0.39, 0.29) is 12.0 Å². The van der Waals surface area contributed by atoms with Crippen LogP contribution in [0.4, 0.5) is 0 Å². The monoisotopic (exact) mass is 241 g/mol. The smallest absolute Gasteiger partial charge is 0.306 e. The number of hydrogen-bond acceptors (Lipinski definition) is 4. The lowest BCUT2D eigenvalue weighted by Gasteiger charge is -2.20. The first-order valence-electron chi connectivity index (χ1n) is 5.38. The Kier molecular flexibility index (Phi) is 4.50. The standard InChI is InChI=1S/C12H19NO2S/c1-12(2,3)15-11(14)5-4-10(13)9-6-7-16-8-9/h6-8,10H,4-5,13H2,1-3H3. The summed E-state index contributed by atoms with van der Waals surface area (Å²) in [6, 6.07) is 1.92. The molecule has 3 nitrogen and oxygen atoms in total. The second kappa shape index (κ2) is 5.46. The summed E-state index contributed by atoms with van der Waals surface area (Å²) in [5.74, 6) is -0.182. The second-order valence-corrected chi connectivity index (χ2v) is 5.57. The molecule has 1 unspecified atom stereocenters. The molecule has 0 radical (unpaired) electrons. The van der Waals surface area contributed by atoms with Gasteiger partial charge < -0.3 is 10.5 Å². The number of thiophene rings is 1. The topological polar surface area (TPSA) is 52.3 Å². The lowest BCUT2D eigenvalue weighted by Crippen LogP contribution is -2.24. The van der Waals surface area contributed by atoms with Gasteiger partial charge in [0, 0.05) is 12.5 Å². The third-order valence-corrected chi connectivity index (χ3v) is 2.75. The highest BCUT2D eigenvalue weighted by molar-refractivity contribution is 7.07. The molecule has 0 amide bonds. The van der Waals surface area contributed by atoms with E-state index in [0.29, 0.717) is 12.8 Å². The molecule has 0 aromatic carbocycles. The molecule has 16 heavy (non-hydrogen) atoms. The fourth-order valence-corrected chi connectivity index (χ4v) is 2.04. The van der Waals surface area contributed by atoms with Crippen molar-refractivity contribution in [3.63, 3.8) is 0 Å². The van der Waals surface area contributed by atoms with E-state index < -0.39 is 5.60 Å². The van der Waals surface area contributed by atoms with Crippen LogP contribution in [0.1, 0.15) is 45.2 Å². The first-order chi connectivity index (χ1) is 7.38. The van der Waals surface area contributed by atoms with Crippen LogP contribution in [0, 0.1) is 0 Å². The van der Waals surface area contributed by atoms with Gasteiger partial charge in [0.25, 0.3) is 0 Å². The maximum Gasteiger partial charge on any atom is 0.306 e. The van der Waals surface area contributed by atoms with Crippen LogP contribution in [0.3, 0.4) is 0 Å². The van der Waals surface area contributed by atoms with Crippen LogP contribution >= 0.6 is 11.3 Å². The third-order valence-electron chi connectivity index (χ3n) is 2.05. The van der Waals surface area contributed by atoms with Gasteiger partial charge in [-0.2, -0.15) is 11.3 Å². The summed E-state index contributed by atoms with van der Waals surface area (Å²) >= 11 is 1.62. The SMILES string of the molecule is CC(C)(C)OC(=O)CCC(N)c1ccsc1. The van der Waals surface area contributed by atoms with Gasteiger partial charge in [-0.1, -0.05) is 0 Å². The predicted molar refractivity (Wildman–Crippen MR) is 66.3 cm³/mol. The Labute approximate surface area is 101 Å². The van der Waals surface area contributed by atoms with Crippen molar-refractivity contribution >= 4 is 17.3 Å². The van der Waals surface area contributed by atoms with Crippen molar-refractivity contribution < 1.29 is 9.53 Å². The summed E-state index contributed by atoms with van der Waals surface area (Å²) in [6.07, 6.45) is 1.000. The summed E-state index contributed by atoms with van der Waals surface area (Å²) in [4.78, 5) is 11.5. The van der Waals surface area contributed by atoms with Crippen LogP contribution in [0.25, 0.3) is 0 Å². The number of nitrogens with two attached hydrogens (primary N) is 1. The van der Waals surface area contributed by atoms with Crippen LogP contribution in [0.2, 0.25) is 0 Å². The highest BCUT2D eigenvalue weighted by Gasteiger charge is 2.17. The average Bonchev–Trinajstić information content (AvgIpc) is 2.64. The van der Waals surface area contributed by atoms with Crippen LogP contribution in [-0.4, -0.2) is 11.6 Å². The zero-order valence-corrected chi connectivity index (χ0v) is 10.8. The van der Waals surface area contributed by atoms with Gasteiger partial charge in [-0.3, -0.25) is 4.79 Å². The maximum absolute atomic E-state index is 11.5. The second-order valence-electron chi connectivity index (χ2n) is 4.79. The van der Waals surface area contributed by atoms with Gasteiger partial charge in [-0.15, -0.1) is 0 Å². The zero-order valence-electron chi connectivity index (χ0n) is 10.0. The molecule has 0 fully saturated rings. The molecule has 0 aliphatic rings. The summed E-state index contributed by atoms with van der Waals surface area (Å²) < 4.78 is 5.21. The number of rotatable bonds is 4. The van der Waals surface area contributed by atoms with Crippen LogP contribution in [-0.2, 0) is 9.53 Å². The van der Waals surface area contributed by atoms with E-state index >= 15 is 0 Å². The molecule has 0 aliphatic carbocycles. The molecule has 1 aromatic heterocycles. The van der Waals surface area contributed by atoms with Crippen molar-refractivity contribution in [1.29, 1.82) is 0 Å². The molecule has 0 bridgehead atoms. The highest BCUT2D eigenvalue weighted by atomic mass is 32.1. The minimum Gasteiger partial charge on any atom is -0.460 e. The van der Waals surface area contributed by atoms with Crippen LogP contribution in [0.15, 0.2) is 16.8 Å². The predicted octanol–water partition coefficient (Wildman–Crippen LogP) is 2.87. The minimum atomic E-state index is -0.413. The number of carbonyl (C=O) groups is 1. The summed E-state index contributed by atoms with van der Waals surface area (Å²) in [6.45, 7) is 5.59. The Morgan fingerprint density at radius 3 is 2.75 bits per heavy atom. The van der Waals surface area contributed by atoms with E-state index in [0.717, 1.165) is 5.56 Å². The molecule has 1 heterocycles. The lowest BCUT2D eigenvalue weighted by atomic mass is 10.1. The fourth-order valence-electron chi connectivity index (χ4n) is 1.32. The zero-order chi connectivity index (χ0) is 12.2. The van der Waals surface area contributed by atoms with E-state index in [1.54, 1.807) is 11.3 Å². The Hall–Kier alpha value is -0.870. The first-order valence-corrected chi connectivity index (χ1v) is 6.32. The van der Waals surface area contributed by atoms with Crippen molar-refractivity contribution in [2.45, 2.75) is 45.3 Å². The van der Waals surface area contributed by atoms with Gasteiger partial charge >= 0.3 is 5.97 Å². The quantitative estimate of drug-likeness (QED) is 0.825. The van der Waals surface area contributed by atoms with Crippen molar-refractivity contribution in [1.82, 2.24) is 0 Å². The molecule has 0 spiro atoms. The number of carbonyl (C=O) groups excluding carboxylic acids is 1. The maximum atomic E-state index is 11.5. The molecular formula is C12H19NO2S. The molecule has 0 saturated heterocycles. The molecule has 90 valence electrons. The molecule has 1 atom stereocenters. The molecule has 1 rings (SSSR count). The van der Waals surface area contributed by atoms with E-state index in [1.165, 1.54) is 0 Å². The van der Waals surface area contributed by atoms with Gasteiger partial charge in [0.05, 0.1) is 0 Å². The number of ether oxygens (including phenoxy) is 1. The van der Waals surface area contributed by atoms with Crippen LogP contribution < -0.4 is 5.73 Å². The van der Waals surface area contributed by atoms with Crippen LogP contribution in [0.5, 0.6) is 0 Å². The van der Waals surface area contributed by atoms with E-state index in [1.807, 2.05) is 37.6 Å². The minimum absolute atomic E-state index is 0.0706. The number of esters is 1. The van der Waals surface area contributed by atoms with Crippen molar-refractivity contribution in [2.75, 3.05) is 0 Å². The van der Waals surface area contributed by atoms with Gasteiger partial charge in [-0.05, 0) is 49.6 Å². The first kappa shape index (κ1) is 13.2. The van der Waals surface area contributed by atoms with E-state index in [4.69, 9.17) is 10.5 Å². The van der Waals surface area contributed by atoms with Gasteiger partial charge in [0.1, 0.15) is 5.60 Å². The third kappa shape index (κ3) is 4.77. The lowest BCUT2D eigenvalue weighted by molar-refractivity contribution is -0.155. The largest absolute Gasteiger partial charge is 0.460 e. The molecule has 2 N–H and O–H groups in total. The Morgan fingerprint density at radius 1 is 1.56 bits per heavy atom. The van der Waals surface area contributed by atoms with Gasteiger partial charge in [-0.25, -0.2) is 0 Å². The number of hydrogen-bond donors (Lipinski definition) is 1. The normalized spacial score (nSPS) is 13.5. The fraction of sp³-hybridized carbons (Fsp3) is 0.583. The summed E-state index contributed by atoms with van der Waals surface area (Å²) in [5.41, 5.74) is 6.63. The summed E-state index contributed by atoms with van der Waals surface area (Å²) in [5, 5.41) is 4.00. The average molecular weight is 241 g/mol. The Morgan fingerprint density at radius 2 is 2.25 bits per heavy atom. The molecule has 0 saturated carbocycles. The highest BCUT2D eigenvalue weighted by Crippen LogP contribution is 2.19. The Balaban J connectivity index is 2.32.